The molecular formula is C23H36N4O. The van der Waals surface area contributed by atoms with Gasteiger partial charge in [0.25, 0.3) is 0 Å². The van der Waals surface area contributed by atoms with E-state index in [-0.39, 0.29) is 5.41 Å². The van der Waals surface area contributed by atoms with E-state index in [1.807, 2.05) is 10.8 Å². The second kappa shape index (κ2) is 8.40. The van der Waals surface area contributed by atoms with Crippen LogP contribution >= 0.6 is 0 Å². The molecule has 1 aromatic heterocycles. The van der Waals surface area contributed by atoms with Crippen LogP contribution in [0.15, 0.2) is 18.9 Å². The van der Waals surface area contributed by atoms with Crippen LogP contribution in [-0.2, 0) is 17.9 Å². The molecule has 0 aromatic carbocycles. The van der Waals surface area contributed by atoms with Crippen molar-refractivity contribution in [3.05, 3.63) is 30.1 Å². The molecule has 1 atom stereocenters. The molecule has 1 saturated carbocycles. The van der Waals surface area contributed by atoms with Gasteiger partial charge in [0.15, 0.2) is 0 Å². The molecule has 0 radical (unpaired) electrons. The van der Waals surface area contributed by atoms with Crippen molar-refractivity contribution in [1.82, 2.24) is 19.6 Å². The van der Waals surface area contributed by atoms with Gasteiger partial charge in [-0.05, 0) is 51.5 Å². The first kappa shape index (κ1) is 19.7. The van der Waals surface area contributed by atoms with E-state index in [9.17, 15) is 4.79 Å². The van der Waals surface area contributed by atoms with Crippen LogP contribution in [0.1, 0.15) is 62.6 Å². The summed E-state index contributed by atoms with van der Waals surface area (Å²) in [4.78, 5) is 18.2. The standard InChI is InChI=1S/C23H36N4O/c1-3-12-27-17-21(19(2)24-27)16-25-14-11-23(18-25)10-7-13-26(22(23)28)15-20-8-5-4-6-9-20/h3,17,20H,1,4-16,18H2,2H3. The summed E-state index contributed by atoms with van der Waals surface area (Å²) in [5.74, 6) is 1.19. The van der Waals surface area contributed by atoms with Crippen LogP contribution in [-0.4, -0.2) is 51.7 Å². The van der Waals surface area contributed by atoms with Crippen molar-refractivity contribution < 1.29 is 4.79 Å². The minimum atomic E-state index is -0.127. The van der Waals surface area contributed by atoms with E-state index >= 15 is 0 Å². The molecule has 1 aromatic rings. The second-order valence-corrected chi connectivity index (χ2v) is 9.35. The summed E-state index contributed by atoms with van der Waals surface area (Å²) in [6.45, 7) is 11.5. The average Bonchev–Trinajstić information content (AvgIpc) is 3.25. The molecular weight excluding hydrogens is 348 g/mol. The molecule has 3 aliphatic rings. The Morgan fingerprint density at radius 3 is 2.82 bits per heavy atom. The third-order valence-electron chi connectivity index (χ3n) is 7.22. The van der Waals surface area contributed by atoms with Gasteiger partial charge >= 0.3 is 0 Å². The van der Waals surface area contributed by atoms with Crippen LogP contribution in [0.4, 0.5) is 0 Å². The van der Waals surface area contributed by atoms with Crippen LogP contribution < -0.4 is 0 Å². The Bertz CT molecular complexity index is 705. The van der Waals surface area contributed by atoms with Gasteiger partial charge in [-0.15, -0.1) is 6.58 Å². The fourth-order valence-corrected chi connectivity index (χ4v) is 5.66. The molecule has 2 saturated heterocycles. The molecule has 1 aliphatic carbocycles. The number of carbonyl (C=O) groups excluding carboxylic acids is 1. The third-order valence-corrected chi connectivity index (χ3v) is 7.22. The van der Waals surface area contributed by atoms with Crippen molar-refractivity contribution in [2.75, 3.05) is 26.2 Å². The van der Waals surface area contributed by atoms with Crippen molar-refractivity contribution in [3.8, 4) is 0 Å². The first-order valence-corrected chi connectivity index (χ1v) is 11.3. The normalized spacial score (nSPS) is 27.0. The number of aryl methyl sites for hydroxylation is 1. The van der Waals surface area contributed by atoms with Gasteiger partial charge in [-0.25, -0.2) is 0 Å². The maximum Gasteiger partial charge on any atom is 0.230 e. The predicted octanol–water partition coefficient (Wildman–Crippen LogP) is 3.77. The van der Waals surface area contributed by atoms with Gasteiger partial charge in [-0.1, -0.05) is 25.3 Å². The zero-order valence-electron chi connectivity index (χ0n) is 17.5. The number of nitrogens with zero attached hydrogens (tertiary/aromatic N) is 4. The molecule has 1 unspecified atom stereocenters. The molecule has 154 valence electrons. The van der Waals surface area contributed by atoms with Gasteiger partial charge < -0.3 is 4.90 Å². The largest absolute Gasteiger partial charge is 0.342 e. The smallest absolute Gasteiger partial charge is 0.230 e. The van der Waals surface area contributed by atoms with E-state index in [1.54, 1.807) is 0 Å². The van der Waals surface area contributed by atoms with Crippen molar-refractivity contribution in [3.63, 3.8) is 0 Å². The number of rotatable bonds is 6. The topological polar surface area (TPSA) is 41.4 Å². The van der Waals surface area contributed by atoms with Crippen LogP contribution in [0.25, 0.3) is 0 Å². The SMILES string of the molecule is C=CCn1cc(CN2CCC3(CCCN(CC4CCCCC4)C3=O)C2)c(C)n1. The Morgan fingerprint density at radius 1 is 1.21 bits per heavy atom. The Balaban J connectivity index is 1.38. The van der Waals surface area contributed by atoms with E-state index in [0.717, 1.165) is 63.7 Å². The summed E-state index contributed by atoms with van der Waals surface area (Å²) in [7, 11) is 0. The highest BCUT2D eigenvalue weighted by atomic mass is 16.2. The van der Waals surface area contributed by atoms with E-state index in [1.165, 1.54) is 44.1 Å². The van der Waals surface area contributed by atoms with E-state index < -0.39 is 0 Å². The number of hydrogen-bond donors (Lipinski definition) is 0. The van der Waals surface area contributed by atoms with Crippen molar-refractivity contribution in [1.29, 1.82) is 0 Å². The lowest BCUT2D eigenvalue weighted by Gasteiger charge is -2.41. The van der Waals surface area contributed by atoms with E-state index in [4.69, 9.17) is 0 Å². The maximum absolute atomic E-state index is 13.4. The van der Waals surface area contributed by atoms with Gasteiger partial charge in [-0.3, -0.25) is 14.4 Å². The van der Waals surface area contributed by atoms with Gasteiger partial charge in [0.05, 0.1) is 17.7 Å². The predicted molar refractivity (Wildman–Crippen MR) is 112 cm³/mol. The fraction of sp³-hybridized carbons (Fsp3) is 0.739. The van der Waals surface area contributed by atoms with Crippen molar-refractivity contribution in [2.45, 2.75) is 71.4 Å². The Morgan fingerprint density at radius 2 is 2.04 bits per heavy atom. The summed E-state index contributed by atoms with van der Waals surface area (Å²) >= 11 is 0. The van der Waals surface area contributed by atoms with Crippen LogP contribution in [0.2, 0.25) is 0 Å². The summed E-state index contributed by atoms with van der Waals surface area (Å²) in [6, 6.07) is 0. The third kappa shape index (κ3) is 4.05. The van der Waals surface area contributed by atoms with Gasteiger partial charge in [0, 0.05) is 37.9 Å². The van der Waals surface area contributed by atoms with Crippen LogP contribution in [0.5, 0.6) is 0 Å². The number of aromatic nitrogens is 2. The van der Waals surface area contributed by atoms with Gasteiger partial charge in [0.1, 0.15) is 0 Å². The molecule has 1 amide bonds. The number of allylic oxidation sites excluding steroid dienone is 1. The van der Waals surface area contributed by atoms with Gasteiger partial charge in [0.2, 0.25) is 5.91 Å². The molecule has 0 N–H and O–H groups in total. The molecule has 4 rings (SSSR count). The summed E-state index contributed by atoms with van der Waals surface area (Å²) in [6.07, 6.45) is 14.0. The quantitative estimate of drug-likeness (QED) is 0.701. The average molecular weight is 385 g/mol. The zero-order chi connectivity index (χ0) is 19.6. The molecule has 3 fully saturated rings. The molecule has 0 bridgehead atoms. The lowest BCUT2D eigenvalue weighted by molar-refractivity contribution is -0.146. The molecule has 5 nitrogen and oxygen atoms in total. The summed E-state index contributed by atoms with van der Waals surface area (Å²) in [5, 5.41) is 4.58. The molecule has 2 aliphatic heterocycles. The summed E-state index contributed by atoms with van der Waals surface area (Å²) in [5.41, 5.74) is 2.25. The fourth-order valence-electron chi connectivity index (χ4n) is 5.66. The second-order valence-electron chi connectivity index (χ2n) is 9.35. The minimum absolute atomic E-state index is 0.127. The Kier molecular flexibility index (Phi) is 5.91. The molecule has 3 heterocycles. The highest BCUT2D eigenvalue weighted by Gasteiger charge is 2.48. The lowest BCUT2D eigenvalue weighted by atomic mass is 9.77. The van der Waals surface area contributed by atoms with Crippen LogP contribution in [0.3, 0.4) is 0 Å². The Labute approximate surface area is 169 Å². The molecule has 1 spiro atoms. The first-order valence-electron chi connectivity index (χ1n) is 11.3. The number of piperidine rings is 1. The van der Waals surface area contributed by atoms with Crippen molar-refractivity contribution in [2.24, 2.45) is 11.3 Å². The maximum atomic E-state index is 13.4. The Hall–Kier alpha value is -1.62. The summed E-state index contributed by atoms with van der Waals surface area (Å²) < 4.78 is 1.96. The van der Waals surface area contributed by atoms with Gasteiger partial charge in [-0.2, -0.15) is 5.10 Å². The highest BCUT2D eigenvalue weighted by Crippen LogP contribution is 2.41. The molecule has 5 heteroatoms. The van der Waals surface area contributed by atoms with Crippen LogP contribution in [0, 0.1) is 18.3 Å². The van der Waals surface area contributed by atoms with E-state index in [0.29, 0.717) is 5.91 Å². The number of amides is 1. The number of hydrogen-bond acceptors (Lipinski definition) is 3. The van der Waals surface area contributed by atoms with Crippen molar-refractivity contribution >= 4 is 5.91 Å². The monoisotopic (exact) mass is 384 g/mol. The van der Waals surface area contributed by atoms with E-state index in [2.05, 4.69) is 34.6 Å². The number of carbonyl (C=O) groups is 1. The first-order chi connectivity index (χ1) is 13.6. The number of likely N-dealkylation sites (tertiary alicyclic amines) is 2. The zero-order valence-corrected chi connectivity index (χ0v) is 17.5. The minimum Gasteiger partial charge on any atom is -0.342 e. The molecule has 28 heavy (non-hydrogen) atoms. The lowest BCUT2D eigenvalue weighted by Crippen LogP contribution is -2.51. The highest BCUT2D eigenvalue weighted by molar-refractivity contribution is 5.84.